The Balaban J connectivity index is 1.90. The number of rotatable bonds is 7. The van der Waals surface area contributed by atoms with Crippen LogP contribution in [-0.2, 0) is 6.67 Å². The molecule has 28 heavy (non-hydrogen) atoms. The van der Waals surface area contributed by atoms with Crippen molar-refractivity contribution in [3.63, 3.8) is 0 Å². The minimum Gasteiger partial charge on any atom is -0.493 e. The molecule has 0 fully saturated rings. The molecule has 0 aliphatic rings. The highest BCUT2D eigenvalue weighted by Gasteiger charge is 2.17. The van der Waals surface area contributed by atoms with E-state index in [2.05, 4.69) is 10.4 Å². The van der Waals surface area contributed by atoms with Crippen molar-refractivity contribution in [1.29, 1.82) is 0 Å². The molecule has 0 saturated carbocycles. The largest absolute Gasteiger partial charge is 0.493 e. The van der Waals surface area contributed by atoms with E-state index in [0.29, 0.717) is 22.8 Å². The lowest BCUT2D eigenvalue weighted by molar-refractivity contribution is 0.324. The first-order valence-electron chi connectivity index (χ1n) is 8.04. The third-order valence-electron chi connectivity index (χ3n) is 3.87. The van der Waals surface area contributed by atoms with Crippen molar-refractivity contribution in [1.82, 2.24) is 9.78 Å². The van der Waals surface area contributed by atoms with Crippen molar-refractivity contribution in [3.8, 4) is 28.7 Å². The number of methoxy groups -OCH3 is 3. The molecule has 3 rings (SSSR count). The van der Waals surface area contributed by atoms with Gasteiger partial charge in [0.05, 0.1) is 27.0 Å². The second-order valence-electron chi connectivity index (χ2n) is 5.55. The van der Waals surface area contributed by atoms with E-state index in [-0.39, 0.29) is 23.1 Å². The number of hydrogen-bond donors (Lipinski definition) is 1. The summed E-state index contributed by atoms with van der Waals surface area (Å²) in [5.41, 5.74) is 0.524. The van der Waals surface area contributed by atoms with Gasteiger partial charge in [0.15, 0.2) is 11.5 Å². The Kier molecular flexibility index (Phi) is 5.78. The van der Waals surface area contributed by atoms with Gasteiger partial charge in [-0.2, -0.15) is 0 Å². The summed E-state index contributed by atoms with van der Waals surface area (Å²) in [6.07, 6.45) is 0. The molecule has 0 saturated heterocycles. The van der Waals surface area contributed by atoms with Gasteiger partial charge in [-0.3, -0.25) is 0 Å². The standard InChI is InChI=1S/C18H17F2N3O4S/c1-24-14-6-10(7-15(25-2)16(14)26-3)17-22-23(18(28)27-17)9-21-13-8-11(19)4-5-12(13)20/h4-8,21H,9H2,1-3H3. The maximum atomic E-state index is 13.7. The van der Waals surface area contributed by atoms with E-state index in [4.69, 9.17) is 30.8 Å². The lowest BCUT2D eigenvalue weighted by atomic mass is 10.2. The first kappa shape index (κ1) is 19.6. The van der Waals surface area contributed by atoms with Crippen LogP contribution in [0.4, 0.5) is 14.5 Å². The second kappa shape index (κ2) is 8.26. The number of anilines is 1. The molecule has 0 atom stereocenters. The Morgan fingerprint density at radius 2 is 1.75 bits per heavy atom. The molecular formula is C18H17F2N3O4S. The zero-order valence-corrected chi connectivity index (χ0v) is 16.1. The number of halogens is 2. The lowest BCUT2D eigenvalue weighted by Crippen LogP contribution is -2.10. The van der Waals surface area contributed by atoms with E-state index in [1.54, 1.807) is 12.1 Å². The van der Waals surface area contributed by atoms with E-state index >= 15 is 0 Å². The summed E-state index contributed by atoms with van der Waals surface area (Å²) in [6, 6.07) is 6.42. The van der Waals surface area contributed by atoms with E-state index in [1.807, 2.05) is 0 Å². The number of hydrogen-bond acceptors (Lipinski definition) is 7. The zero-order chi connectivity index (χ0) is 20.3. The smallest absolute Gasteiger partial charge is 0.289 e. The summed E-state index contributed by atoms with van der Waals surface area (Å²) in [4.78, 5) is 0.0491. The fraction of sp³-hybridized carbons (Fsp3) is 0.222. The Hall–Kier alpha value is -3.14. The van der Waals surface area contributed by atoms with Crippen LogP contribution in [0.25, 0.3) is 11.5 Å². The quantitative estimate of drug-likeness (QED) is 0.585. The van der Waals surface area contributed by atoms with Crippen molar-refractivity contribution in [2.45, 2.75) is 6.67 Å². The molecule has 10 heteroatoms. The molecule has 2 aromatic carbocycles. The molecule has 3 aromatic rings. The topological polar surface area (TPSA) is 70.7 Å². The maximum Gasteiger partial charge on any atom is 0.289 e. The van der Waals surface area contributed by atoms with E-state index in [0.717, 1.165) is 18.2 Å². The molecule has 148 valence electrons. The van der Waals surface area contributed by atoms with Crippen LogP contribution in [0.5, 0.6) is 17.2 Å². The van der Waals surface area contributed by atoms with E-state index in [9.17, 15) is 8.78 Å². The monoisotopic (exact) mass is 409 g/mol. The van der Waals surface area contributed by atoms with Crippen LogP contribution < -0.4 is 19.5 Å². The minimum absolute atomic E-state index is 0.0146. The van der Waals surface area contributed by atoms with Crippen LogP contribution in [0, 0.1) is 16.5 Å². The first-order chi connectivity index (χ1) is 13.5. The Morgan fingerprint density at radius 3 is 2.36 bits per heavy atom. The fourth-order valence-corrected chi connectivity index (χ4v) is 2.70. The molecule has 0 bridgehead atoms. The van der Waals surface area contributed by atoms with Crippen molar-refractivity contribution in [2.24, 2.45) is 0 Å². The Bertz CT molecular complexity index is 1030. The Morgan fingerprint density at radius 1 is 1.07 bits per heavy atom. The Labute approximate surface area is 164 Å². The molecule has 0 aliphatic carbocycles. The van der Waals surface area contributed by atoms with E-state index < -0.39 is 11.6 Å². The van der Waals surface area contributed by atoms with Crippen LogP contribution in [0.2, 0.25) is 0 Å². The van der Waals surface area contributed by atoms with Crippen LogP contribution >= 0.6 is 12.2 Å². The van der Waals surface area contributed by atoms with Crippen molar-refractivity contribution in [3.05, 3.63) is 46.8 Å². The second-order valence-corrected chi connectivity index (χ2v) is 5.89. The number of ether oxygens (including phenoxy) is 3. The van der Waals surface area contributed by atoms with Gasteiger partial charge in [-0.05, 0) is 36.5 Å². The van der Waals surface area contributed by atoms with Gasteiger partial charge in [-0.15, -0.1) is 5.10 Å². The molecule has 1 heterocycles. The van der Waals surface area contributed by atoms with Gasteiger partial charge in [-0.25, -0.2) is 13.5 Å². The highest BCUT2D eigenvalue weighted by molar-refractivity contribution is 7.71. The van der Waals surface area contributed by atoms with Crippen LogP contribution in [0.1, 0.15) is 0 Å². The molecule has 0 aliphatic heterocycles. The molecule has 0 radical (unpaired) electrons. The van der Waals surface area contributed by atoms with E-state index in [1.165, 1.54) is 26.0 Å². The van der Waals surface area contributed by atoms with Crippen LogP contribution in [0.15, 0.2) is 34.7 Å². The molecule has 0 spiro atoms. The summed E-state index contributed by atoms with van der Waals surface area (Å²) in [7, 11) is 4.48. The van der Waals surface area contributed by atoms with Gasteiger partial charge in [0.2, 0.25) is 11.6 Å². The summed E-state index contributed by atoms with van der Waals surface area (Å²) in [5.74, 6) is 0.313. The van der Waals surface area contributed by atoms with Crippen molar-refractivity contribution >= 4 is 17.9 Å². The van der Waals surface area contributed by atoms with Crippen LogP contribution in [0.3, 0.4) is 0 Å². The number of aromatic nitrogens is 2. The fourth-order valence-electron chi connectivity index (χ4n) is 2.52. The first-order valence-corrected chi connectivity index (χ1v) is 8.45. The summed E-state index contributed by atoms with van der Waals surface area (Å²) in [5, 5.41) is 7.00. The van der Waals surface area contributed by atoms with Gasteiger partial charge in [-0.1, -0.05) is 0 Å². The van der Waals surface area contributed by atoms with Gasteiger partial charge < -0.3 is 23.9 Å². The molecule has 1 N–H and O–H groups in total. The summed E-state index contributed by atoms with van der Waals surface area (Å²) in [6.45, 7) is -0.0207. The minimum atomic E-state index is -0.596. The van der Waals surface area contributed by atoms with Crippen molar-refractivity contribution in [2.75, 3.05) is 26.6 Å². The average molecular weight is 409 g/mol. The number of nitrogens with one attached hydrogen (secondary N) is 1. The highest BCUT2D eigenvalue weighted by Crippen LogP contribution is 2.40. The maximum absolute atomic E-state index is 13.7. The highest BCUT2D eigenvalue weighted by atomic mass is 32.1. The van der Waals surface area contributed by atoms with Gasteiger partial charge in [0.25, 0.3) is 4.84 Å². The number of benzene rings is 2. The van der Waals surface area contributed by atoms with Gasteiger partial charge in [0, 0.05) is 11.6 Å². The van der Waals surface area contributed by atoms with Crippen molar-refractivity contribution < 1.29 is 27.4 Å². The third-order valence-corrected chi connectivity index (χ3v) is 4.16. The number of nitrogens with zero attached hydrogens (tertiary/aromatic N) is 2. The predicted molar refractivity (Wildman–Crippen MR) is 100 cm³/mol. The molecule has 0 unspecified atom stereocenters. The SMILES string of the molecule is COc1cc(-c2nn(CNc3cc(F)ccc3F)c(=S)o2)cc(OC)c1OC. The normalized spacial score (nSPS) is 10.6. The molecular weight excluding hydrogens is 392 g/mol. The molecule has 1 aromatic heterocycles. The summed E-state index contributed by atoms with van der Waals surface area (Å²) >= 11 is 5.16. The molecule has 0 amide bonds. The summed E-state index contributed by atoms with van der Waals surface area (Å²) < 4.78 is 49.7. The molecule has 7 nitrogen and oxygen atoms in total. The van der Waals surface area contributed by atoms with Crippen LogP contribution in [-0.4, -0.2) is 31.1 Å². The zero-order valence-electron chi connectivity index (χ0n) is 15.3. The van der Waals surface area contributed by atoms with Gasteiger partial charge in [0.1, 0.15) is 18.3 Å². The average Bonchev–Trinajstić information content (AvgIpc) is 3.08. The lowest BCUT2D eigenvalue weighted by Gasteiger charge is -2.12. The predicted octanol–water partition coefficient (Wildman–Crippen LogP) is 4.25. The van der Waals surface area contributed by atoms with Gasteiger partial charge >= 0.3 is 0 Å². The third kappa shape index (κ3) is 3.91.